The smallest absolute Gasteiger partial charge is 0.416 e. The lowest BCUT2D eigenvalue weighted by Crippen LogP contribution is -2.36. The summed E-state index contributed by atoms with van der Waals surface area (Å²) in [6.45, 7) is 2.48. The number of carbonyl (C=O) groups is 1. The molecule has 1 aliphatic rings. The third kappa shape index (κ3) is 5.98. The van der Waals surface area contributed by atoms with Crippen molar-refractivity contribution in [3.63, 3.8) is 0 Å². The Balaban J connectivity index is 1.29. The monoisotopic (exact) mass is 545 g/mol. The molecule has 0 saturated carbocycles. The standard InChI is InChI=1S/C26H20F5N5O3/c27-23-19(35-25(37)33-16-3-1-2-15(12-16)26(29,30)31)6-7-21(24(23)28)39-17-4-5-18-20(13-17)34-22(14-32-18)36-8-10-38-11-9-36/h1-7,12-14H,8-11H2,(H2,33,35,37). The minimum absolute atomic E-state index is 0.178. The van der Waals surface area contributed by atoms with Crippen LogP contribution in [0.3, 0.4) is 0 Å². The second-order valence-electron chi connectivity index (χ2n) is 8.48. The summed E-state index contributed by atoms with van der Waals surface area (Å²) in [7, 11) is 0. The molecule has 0 aliphatic carbocycles. The molecule has 2 heterocycles. The number of nitrogens with one attached hydrogen (secondary N) is 2. The van der Waals surface area contributed by atoms with Gasteiger partial charge in [0.1, 0.15) is 11.6 Å². The van der Waals surface area contributed by atoms with Crippen LogP contribution in [0.15, 0.2) is 60.8 Å². The molecule has 13 heteroatoms. The van der Waals surface area contributed by atoms with Crippen LogP contribution < -0.4 is 20.3 Å². The Morgan fingerprint density at radius 2 is 1.74 bits per heavy atom. The molecule has 8 nitrogen and oxygen atoms in total. The highest BCUT2D eigenvalue weighted by Crippen LogP contribution is 2.32. The number of carbonyl (C=O) groups excluding carboxylic acids is 1. The molecule has 0 spiro atoms. The Bertz CT molecular complexity index is 1530. The number of aromatic nitrogens is 2. The van der Waals surface area contributed by atoms with E-state index in [0.29, 0.717) is 49.2 Å². The van der Waals surface area contributed by atoms with Crippen LogP contribution in [-0.2, 0) is 10.9 Å². The van der Waals surface area contributed by atoms with Gasteiger partial charge >= 0.3 is 12.2 Å². The van der Waals surface area contributed by atoms with Crippen molar-refractivity contribution in [1.82, 2.24) is 9.97 Å². The van der Waals surface area contributed by atoms with E-state index in [1.165, 1.54) is 18.2 Å². The predicted molar refractivity (Wildman–Crippen MR) is 133 cm³/mol. The highest BCUT2D eigenvalue weighted by molar-refractivity contribution is 5.99. The fourth-order valence-corrected chi connectivity index (χ4v) is 3.88. The minimum Gasteiger partial charge on any atom is -0.454 e. The Morgan fingerprint density at radius 3 is 2.51 bits per heavy atom. The van der Waals surface area contributed by atoms with Crippen LogP contribution in [0.4, 0.5) is 43.9 Å². The first kappa shape index (κ1) is 26.1. The molecule has 202 valence electrons. The molecular weight excluding hydrogens is 525 g/mol. The molecule has 4 aromatic rings. The van der Waals surface area contributed by atoms with Gasteiger partial charge in [0.05, 0.1) is 41.7 Å². The van der Waals surface area contributed by atoms with Crippen molar-refractivity contribution < 1.29 is 36.2 Å². The van der Waals surface area contributed by atoms with Gasteiger partial charge in [0, 0.05) is 24.8 Å². The predicted octanol–water partition coefficient (Wildman–Crippen LogP) is 6.20. The van der Waals surface area contributed by atoms with E-state index in [2.05, 4.69) is 20.6 Å². The maximum Gasteiger partial charge on any atom is 0.416 e. The number of hydrogen-bond donors (Lipinski definition) is 2. The molecule has 0 bridgehead atoms. The second-order valence-corrected chi connectivity index (χ2v) is 8.48. The number of rotatable bonds is 5. The van der Waals surface area contributed by atoms with E-state index in [-0.39, 0.29) is 11.4 Å². The number of nitrogens with zero attached hydrogens (tertiary/aromatic N) is 3. The van der Waals surface area contributed by atoms with Crippen LogP contribution in [0.5, 0.6) is 11.5 Å². The molecule has 1 aromatic heterocycles. The van der Waals surface area contributed by atoms with E-state index in [0.717, 1.165) is 24.3 Å². The minimum atomic E-state index is -4.61. The van der Waals surface area contributed by atoms with Gasteiger partial charge in [-0.25, -0.2) is 14.2 Å². The normalized spacial score (nSPS) is 13.8. The molecular formula is C26H20F5N5O3. The van der Waals surface area contributed by atoms with Crippen molar-refractivity contribution in [1.29, 1.82) is 0 Å². The van der Waals surface area contributed by atoms with Crippen molar-refractivity contribution in [2.24, 2.45) is 0 Å². The Hall–Kier alpha value is -4.52. The number of anilines is 3. The zero-order valence-corrected chi connectivity index (χ0v) is 20.1. The third-order valence-corrected chi connectivity index (χ3v) is 5.81. The van der Waals surface area contributed by atoms with Gasteiger partial charge in [-0.05, 0) is 42.5 Å². The summed E-state index contributed by atoms with van der Waals surface area (Å²) in [6, 6.07) is 9.68. The molecule has 0 atom stereocenters. The van der Waals surface area contributed by atoms with Crippen molar-refractivity contribution in [3.05, 3.63) is 78.0 Å². The zero-order chi connectivity index (χ0) is 27.6. The number of ether oxygens (including phenoxy) is 2. The number of urea groups is 1. The summed E-state index contributed by atoms with van der Waals surface area (Å²) < 4.78 is 79.0. The fraction of sp³-hybridized carbons (Fsp3) is 0.192. The second kappa shape index (κ2) is 10.7. The molecule has 2 amide bonds. The molecule has 5 rings (SSSR count). The van der Waals surface area contributed by atoms with Crippen LogP contribution in [0.25, 0.3) is 11.0 Å². The summed E-state index contributed by atoms with van der Waals surface area (Å²) in [4.78, 5) is 23.2. The lowest BCUT2D eigenvalue weighted by Gasteiger charge is -2.27. The van der Waals surface area contributed by atoms with Gasteiger partial charge in [-0.3, -0.25) is 4.98 Å². The lowest BCUT2D eigenvalue weighted by molar-refractivity contribution is -0.137. The largest absolute Gasteiger partial charge is 0.454 e. The summed E-state index contributed by atoms with van der Waals surface area (Å²) in [5.41, 5.74) is -0.626. The van der Waals surface area contributed by atoms with Gasteiger partial charge in [-0.1, -0.05) is 6.07 Å². The van der Waals surface area contributed by atoms with Gasteiger partial charge in [0.2, 0.25) is 5.82 Å². The number of morpholine rings is 1. The number of alkyl halides is 3. The third-order valence-electron chi connectivity index (χ3n) is 5.81. The first-order valence-electron chi connectivity index (χ1n) is 11.7. The van der Waals surface area contributed by atoms with Gasteiger partial charge in [-0.2, -0.15) is 17.6 Å². The van der Waals surface area contributed by atoms with Crippen LogP contribution in [-0.4, -0.2) is 42.3 Å². The van der Waals surface area contributed by atoms with Crippen molar-refractivity contribution in [3.8, 4) is 11.5 Å². The average molecular weight is 545 g/mol. The van der Waals surface area contributed by atoms with E-state index >= 15 is 0 Å². The number of amides is 2. The first-order valence-corrected chi connectivity index (χ1v) is 11.7. The molecule has 39 heavy (non-hydrogen) atoms. The van der Waals surface area contributed by atoms with E-state index < -0.39 is 40.8 Å². The van der Waals surface area contributed by atoms with Gasteiger partial charge in [0.25, 0.3) is 0 Å². The topological polar surface area (TPSA) is 88.6 Å². The number of benzene rings is 3. The van der Waals surface area contributed by atoms with Gasteiger partial charge in [0.15, 0.2) is 11.6 Å². The van der Waals surface area contributed by atoms with Crippen molar-refractivity contribution in [2.75, 3.05) is 41.8 Å². The highest BCUT2D eigenvalue weighted by Gasteiger charge is 2.30. The fourth-order valence-electron chi connectivity index (χ4n) is 3.88. The van der Waals surface area contributed by atoms with E-state index in [9.17, 15) is 26.7 Å². The summed E-state index contributed by atoms with van der Waals surface area (Å²) >= 11 is 0. The summed E-state index contributed by atoms with van der Waals surface area (Å²) in [5.74, 6) is -2.41. The van der Waals surface area contributed by atoms with Crippen molar-refractivity contribution in [2.45, 2.75) is 6.18 Å². The highest BCUT2D eigenvalue weighted by atomic mass is 19.4. The van der Waals surface area contributed by atoms with Crippen LogP contribution in [0, 0.1) is 11.6 Å². The first-order chi connectivity index (χ1) is 18.7. The average Bonchev–Trinajstić information content (AvgIpc) is 2.92. The molecule has 2 N–H and O–H groups in total. The SMILES string of the molecule is O=C(Nc1cccc(C(F)(F)F)c1)Nc1ccc(Oc2ccc3ncc(N4CCOCC4)nc3c2)c(F)c1F. The molecule has 0 unspecified atom stereocenters. The number of fused-ring (bicyclic) bond motifs is 1. The Kier molecular flexibility index (Phi) is 7.15. The van der Waals surface area contributed by atoms with Crippen molar-refractivity contribution >= 4 is 34.3 Å². The molecule has 1 saturated heterocycles. The molecule has 0 radical (unpaired) electrons. The number of hydrogen-bond acceptors (Lipinski definition) is 6. The zero-order valence-electron chi connectivity index (χ0n) is 20.1. The Morgan fingerprint density at radius 1 is 0.949 bits per heavy atom. The molecule has 1 aliphatic heterocycles. The maximum atomic E-state index is 14.8. The summed E-state index contributed by atoms with van der Waals surface area (Å²) in [6.07, 6.45) is -2.96. The van der Waals surface area contributed by atoms with E-state index in [1.54, 1.807) is 12.3 Å². The lowest BCUT2D eigenvalue weighted by atomic mass is 10.2. The Labute approximate surface area is 218 Å². The van der Waals surface area contributed by atoms with E-state index in [1.807, 2.05) is 4.90 Å². The molecule has 1 fully saturated rings. The van der Waals surface area contributed by atoms with E-state index in [4.69, 9.17) is 9.47 Å². The van der Waals surface area contributed by atoms with Crippen LogP contribution >= 0.6 is 0 Å². The van der Waals surface area contributed by atoms with Crippen LogP contribution in [0.1, 0.15) is 5.56 Å². The molecule has 3 aromatic carbocycles. The van der Waals surface area contributed by atoms with Gasteiger partial charge < -0.3 is 25.0 Å². The quantitative estimate of drug-likeness (QED) is 0.291. The van der Waals surface area contributed by atoms with Crippen LogP contribution in [0.2, 0.25) is 0 Å². The maximum absolute atomic E-state index is 14.8. The summed E-state index contributed by atoms with van der Waals surface area (Å²) in [5, 5.41) is 4.23. The van der Waals surface area contributed by atoms with Gasteiger partial charge in [-0.15, -0.1) is 0 Å². The number of halogens is 5.